The van der Waals surface area contributed by atoms with Gasteiger partial charge >= 0.3 is 6.09 Å². The highest BCUT2D eigenvalue weighted by Crippen LogP contribution is 2.43. The van der Waals surface area contributed by atoms with Gasteiger partial charge in [-0.2, -0.15) is 5.10 Å². The number of amides is 1. The summed E-state index contributed by atoms with van der Waals surface area (Å²) < 4.78 is 18.4. The van der Waals surface area contributed by atoms with E-state index in [0.717, 1.165) is 42.9 Å². The molecule has 6 rings (SSSR count). The molecule has 3 aliphatic heterocycles. The second-order valence-electron chi connectivity index (χ2n) is 9.28. The first-order valence-corrected chi connectivity index (χ1v) is 12.0. The van der Waals surface area contributed by atoms with Crippen LogP contribution >= 0.6 is 0 Å². The number of carbonyl (C=O) groups excluding carboxylic acids is 1. The summed E-state index contributed by atoms with van der Waals surface area (Å²) in [5.41, 5.74) is 3.91. The number of rotatable bonds is 7. The average molecular weight is 477 g/mol. The fraction of sp³-hybridized carbons (Fsp3) is 0.407. The van der Waals surface area contributed by atoms with Gasteiger partial charge in [-0.15, -0.1) is 0 Å². The van der Waals surface area contributed by atoms with Gasteiger partial charge in [0.2, 0.25) is 0 Å². The van der Waals surface area contributed by atoms with Crippen LogP contribution in [0, 0.1) is 5.92 Å². The molecule has 3 aromatic rings. The fourth-order valence-corrected chi connectivity index (χ4v) is 5.46. The minimum absolute atomic E-state index is 0.255. The Bertz CT molecular complexity index is 1180. The van der Waals surface area contributed by atoms with Crippen LogP contribution in [0.5, 0.6) is 11.5 Å². The summed E-state index contributed by atoms with van der Waals surface area (Å²) in [6.45, 7) is 2.39. The van der Waals surface area contributed by atoms with Crippen LogP contribution in [0.4, 0.5) is 10.5 Å². The highest BCUT2D eigenvalue weighted by atomic mass is 16.5. The van der Waals surface area contributed by atoms with Crippen molar-refractivity contribution in [3.8, 4) is 22.8 Å². The highest BCUT2D eigenvalue weighted by molar-refractivity contribution is 5.84. The quantitative estimate of drug-likeness (QED) is 0.540. The first kappa shape index (κ1) is 23.2. The molecule has 1 N–H and O–H groups in total. The zero-order chi connectivity index (χ0) is 24.4. The van der Waals surface area contributed by atoms with Gasteiger partial charge in [-0.05, 0) is 61.7 Å². The Balaban J connectivity index is 1.24. The number of hydrogen-bond donors (Lipinski definition) is 1. The molecular weight excluding hydrogens is 444 g/mol. The SMILES string of the molecule is COc1ccc(-c2cc([C@@H]3CN4CC[C@H]3C[C@@H]4COC(=O)Nc3ccccc3)n(C)n2)cc1OC. The number of ether oxygens (including phenoxy) is 3. The first-order chi connectivity index (χ1) is 17.1. The summed E-state index contributed by atoms with van der Waals surface area (Å²) >= 11 is 0. The van der Waals surface area contributed by atoms with Crippen molar-refractivity contribution in [3.05, 3.63) is 60.3 Å². The minimum Gasteiger partial charge on any atom is -0.493 e. The van der Waals surface area contributed by atoms with E-state index in [0.29, 0.717) is 29.9 Å². The van der Waals surface area contributed by atoms with Crippen molar-refractivity contribution < 1.29 is 19.0 Å². The topological polar surface area (TPSA) is 77.9 Å². The maximum absolute atomic E-state index is 12.2. The lowest BCUT2D eigenvalue weighted by Crippen LogP contribution is -2.54. The lowest BCUT2D eigenvalue weighted by atomic mass is 9.74. The zero-order valence-corrected chi connectivity index (χ0v) is 20.4. The van der Waals surface area contributed by atoms with Crippen LogP contribution in [0.3, 0.4) is 0 Å². The summed E-state index contributed by atoms with van der Waals surface area (Å²) in [6, 6.07) is 17.7. The van der Waals surface area contributed by atoms with Crippen LogP contribution in [-0.2, 0) is 11.8 Å². The lowest BCUT2D eigenvalue weighted by molar-refractivity contribution is -0.00222. The Kier molecular flexibility index (Phi) is 6.63. The molecule has 1 amide bonds. The fourth-order valence-electron chi connectivity index (χ4n) is 5.46. The van der Waals surface area contributed by atoms with Crippen molar-refractivity contribution in [2.75, 3.05) is 39.2 Å². The van der Waals surface area contributed by atoms with Crippen molar-refractivity contribution in [2.45, 2.75) is 24.8 Å². The van der Waals surface area contributed by atoms with E-state index >= 15 is 0 Å². The molecule has 2 bridgehead atoms. The smallest absolute Gasteiger partial charge is 0.411 e. The molecule has 0 radical (unpaired) electrons. The van der Waals surface area contributed by atoms with Crippen molar-refractivity contribution in [1.82, 2.24) is 14.7 Å². The van der Waals surface area contributed by atoms with Gasteiger partial charge in [0.1, 0.15) is 6.61 Å². The maximum Gasteiger partial charge on any atom is 0.411 e. The van der Waals surface area contributed by atoms with Crippen molar-refractivity contribution in [3.63, 3.8) is 0 Å². The molecule has 8 nitrogen and oxygen atoms in total. The molecule has 0 saturated carbocycles. The molecule has 35 heavy (non-hydrogen) atoms. The first-order valence-electron chi connectivity index (χ1n) is 12.0. The molecule has 3 fully saturated rings. The monoisotopic (exact) mass is 476 g/mol. The number of benzene rings is 2. The second kappa shape index (κ2) is 10.00. The molecule has 1 aromatic heterocycles. The summed E-state index contributed by atoms with van der Waals surface area (Å²) in [6.07, 6.45) is 1.76. The molecule has 1 unspecified atom stereocenters. The van der Waals surface area contributed by atoms with Crippen LogP contribution in [0.1, 0.15) is 24.5 Å². The van der Waals surface area contributed by atoms with E-state index in [2.05, 4.69) is 16.3 Å². The van der Waals surface area contributed by atoms with Gasteiger partial charge in [0.25, 0.3) is 0 Å². The number of anilines is 1. The molecule has 184 valence electrons. The average Bonchev–Trinajstić information content (AvgIpc) is 3.29. The third kappa shape index (κ3) is 4.84. The lowest BCUT2D eigenvalue weighted by Gasteiger charge is -2.49. The molecule has 3 aliphatic rings. The summed E-state index contributed by atoms with van der Waals surface area (Å²) in [4.78, 5) is 14.7. The van der Waals surface area contributed by atoms with E-state index in [1.54, 1.807) is 14.2 Å². The number of para-hydroxylation sites is 1. The van der Waals surface area contributed by atoms with Gasteiger partial charge < -0.3 is 14.2 Å². The highest BCUT2D eigenvalue weighted by Gasteiger charge is 2.42. The zero-order valence-electron chi connectivity index (χ0n) is 20.4. The Hall–Kier alpha value is -3.52. The molecule has 4 atom stereocenters. The third-order valence-electron chi connectivity index (χ3n) is 7.28. The van der Waals surface area contributed by atoms with Gasteiger partial charge in [-0.3, -0.25) is 14.9 Å². The predicted octanol–water partition coefficient (Wildman–Crippen LogP) is 4.53. The predicted molar refractivity (Wildman–Crippen MR) is 134 cm³/mol. The van der Waals surface area contributed by atoms with Crippen LogP contribution in [0.15, 0.2) is 54.6 Å². The Morgan fingerprint density at radius 1 is 1.09 bits per heavy atom. The standard InChI is InChI=1S/C27H32N4O4/c1-30-24(15-23(29-30)19-9-10-25(33-2)26(14-19)34-3)22-16-31-12-11-18(22)13-21(31)17-35-27(32)28-20-7-5-4-6-8-20/h4-10,14-15,18,21-22H,11-13,16-17H2,1-3H3,(H,28,32)/t18-,21+,22+/m0/s1. The molecule has 0 aliphatic carbocycles. The number of aryl methyl sites for hydroxylation is 1. The number of aromatic nitrogens is 2. The van der Waals surface area contributed by atoms with E-state index in [4.69, 9.17) is 19.3 Å². The van der Waals surface area contributed by atoms with Gasteiger partial charge in [0.15, 0.2) is 11.5 Å². The minimum atomic E-state index is -0.401. The molecule has 8 heteroatoms. The van der Waals surface area contributed by atoms with E-state index < -0.39 is 6.09 Å². The Morgan fingerprint density at radius 3 is 2.60 bits per heavy atom. The number of methoxy groups -OCH3 is 2. The van der Waals surface area contributed by atoms with Gasteiger partial charge in [-0.1, -0.05) is 18.2 Å². The molecule has 3 saturated heterocycles. The van der Waals surface area contributed by atoms with E-state index in [1.165, 1.54) is 5.69 Å². The van der Waals surface area contributed by atoms with E-state index in [9.17, 15) is 4.79 Å². The maximum atomic E-state index is 12.2. The largest absolute Gasteiger partial charge is 0.493 e. The summed E-state index contributed by atoms with van der Waals surface area (Å²) in [5.74, 6) is 2.35. The summed E-state index contributed by atoms with van der Waals surface area (Å²) in [5, 5.41) is 7.61. The third-order valence-corrected chi connectivity index (χ3v) is 7.28. The number of hydrogen-bond acceptors (Lipinski definition) is 6. The number of nitrogens with zero attached hydrogens (tertiary/aromatic N) is 3. The number of piperidine rings is 3. The van der Waals surface area contributed by atoms with Crippen molar-refractivity contribution >= 4 is 11.8 Å². The Morgan fingerprint density at radius 2 is 1.89 bits per heavy atom. The molecule has 0 spiro atoms. The molecule has 4 heterocycles. The molecule has 2 aromatic carbocycles. The van der Waals surface area contributed by atoms with Crippen molar-refractivity contribution in [2.24, 2.45) is 13.0 Å². The van der Waals surface area contributed by atoms with Gasteiger partial charge in [0.05, 0.1) is 19.9 Å². The Labute approximate surface area is 205 Å². The van der Waals surface area contributed by atoms with Crippen LogP contribution in [-0.4, -0.2) is 60.7 Å². The van der Waals surface area contributed by atoms with E-state index in [-0.39, 0.29) is 6.04 Å². The number of carbonyl (C=O) groups is 1. The number of fused-ring (bicyclic) bond motifs is 3. The van der Waals surface area contributed by atoms with Crippen LogP contribution < -0.4 is 14.8 Å². The van der Waals surface area contributed by atoms with Gasteiger partial charge in [0, 0.05) is 42.5 Å². The van der Waals surface area contributed by atoms with Crippen LogP contribution in [0.25, 0.3) is 11.3 Å². The molecular formula is C27H32N4O4. The second-order valence-corrected chi connectivity index (χ2v) is 9.28. The van der Waals surface area contributed by atoms with Crippen molar-refractivity contribution in [1.29, 1.82) is 0 Å². The van der Waals surface area contributed by atoms with Gasteiger partial charge in [-0.25, -0.2) is 4.79 Å². The van der Waals surface area contributed by atoms with E-state index in [1.807, 2.05) is 60.3 Å². The van der Waals surface area contributed by atoms with Crippen LogP contribution in [0.2, 0.25) is 0 Å². The summed E-state index contributed by atoms with van der Waals surface area (Å²) in [7, 11) is 5.30. The number of nitrogens with one attached hydrogen (secondary N) is 1. The normalized spacial score (nSPS) is 23.1.